The molecule has 1 unspecified atom stereocenters. The molecule has 0 aliphatic heterocycles. The smallest absolute Gasteiger partial charge is 0.200 e. The molecular weight excluding hydrogens is 500 g/mol. The first-order valence-corrected chi connectivity index (χ1v) is 15.2. The minimum absolute atomic E-state index is 0.00459. The number of halogens is 4. The van der Waals surface area contributed by atoms with E-state index in [1.807, 2.05) is 0 Å². The average Bonchev–Trinajstić information content (AvgIpc) is 2.95. The molecule has 0 radical (unpaired) electrons. The van der Waals surface area contributed by atoms with Crippen LogP contribution in [0.15, 0.2) is 30.3 Å². The van der Waals surface area contributed by atoms with Gasteiger partial charge in [-0.05, 0) is 105 Å². The van der Waals surface area contributed by atoms with E-state index in [1.165, 1.54) is 6.42 Å². The molecule has 0 spiro atoms. The molecule has 0 amide bonds. The molecule has 0 aromatic heterocycles. The van der Waals surface area contributed by atoms with Crippen LogP contribution in [0.3, 0.4) is 0 Å². The van der Waals surface area contributed by atoms with Gasteiger partial charge >= 0.3 is 0 Å². The Labute approximate surface area is 232 Å². The van der Waals surface area contributed by atoms with Crippen molar-refractivity contribution in [2.24, 2.45) is 11.8 Å². The zero-order valence-electron chi connectivity index (χ0n) is 23.6. The Kier molecular flexibility index (Phi) is 10.9. The summed E-state index contributed by atoms with van der Waals surface area (Å²) >= 11 is 0. The highest BCUT2D eigenvalue weighted by molar-refractivity contribution is 5.67. The maximum atomic E-state index is 14.9. The Hall–Kier alpha value is -2.30. The summed E-state index contributed by atoms with van der Waals surface area (Å²) in [5.74, 6) is -2.19. The van der Waals surface area contributed by atoms with E-state index >= 15 is 0 Å². The third-order valence-electron chi connectivity index (χ3n) is 8.87. The van der Waals surface area contributed by atoms with Crippen molar-refractivity contribution in [2.45, 2.75) is 110 Å². The molecule has 0 heterocycles. The third-order valence-corrected chi connectivity index (χ3v) is 8.87. The highest BCUT2D eigenvalue weighted by atomic mass is 19.2. The van der Waals surface area contributed by atoms with E-state index in [9.17, 15) is 17.6 Å². The van der Waals surface area contributed by atoms with E-state index in [-0.39, 0.29) is 11.7 Å². The van der Waals surface area contributed by atoms with E-state index in [2.05, 4.69) is 19.9 Å². The van der Waals surface area contributed by atoms with Gasteiger partial charge in [-0.15, -0.1) is 0 Å². The Morgan fingerprint density at radius 1 is 0.795 bits per heavy atom. The second-order valence-corrected chi connectivity index (χ2v) is 11.8. The van der Waals surface area contributed by atoms with Crippen LogP contribution < -0.4 is 4.74 Å². The molecule has 5 heteroatoms. The maximum absolute atomic E-state index is 14.9. The average molecular weight is 545 g/mol. The summed E-state index contributed by atoms with van der Waals surface area (Å²) in [4.78, 5) is 0. The largest absolute Gasteiger partial charge is 0.490 e. The van der Waals surface area contributed by atoms with E-state index in [0.29, 0.717) is 41.6 Å². The fourth-order valence-electron chi connectivity index (χ4n) is 6.22. The normalized spacial score (nSPS) is 21.6. The Bertz CT molecular complexity index is 1120. The fourth-order valence-corrected chi connectivity index (χ4v) is 6.22. The third kappa shape index (κ3) is 7.67. The standard InChI is InChI=1S/C34H44F4O/c1-3-4-5-6-7-22-39-30-21-20-29(33(37)34(30)38)26-15-10-24(11-16-26)12-17-27-18-19-28(32(36)31(27)35)25-13-8-23(2)9-14-25/h13,18-21,23-24,26H,3-12,14-17,22H2,1-2H3. The molecule has 1 nitrogen and oxygen atoms in total. The quantitative estimate of drug-likeness (QED) is 0.191. The molecule has 2 aliphatic carbocycles. The lowest BCUT2D eigenvalue weighted by Gasteiger charge is -2.29. The Morgan fingerprint density at radius 3 is 2.28 bits per heavy atom. The number of allylic oxidation sites excluding steroid dienone is 2. The lowest BCUT2D eigenvalue weighted by Crippen LogP contribution is -2.16. The first-order valence-electron chi connectivity index (χ1n) is 15.2. The lowest BCUT2D eigenvalue weighted by molar-refractivity contribution is 0.280. The maximum Gasteiger partial charge on any atom is 0.200 e. The molecule has 0 bridgehead atoms. The highest BCUT2D eigenvalue weighted by Gasteiger charge is 2.27. The molecule has 0 N–H and O–H groups in total. The Morgan fingerprint density at radius 2 is 1.56 bits per heavy atom. The van der Waals surface area contributed by atoms with E-state index in [0.717, 1.165) is 82.6 Å². The SMILES string of the molecule is CCCCCCCOc1ccc(C2CCC(CCc3ccc(C4=CCC(C)CC4)c(F)c3F)CC2)c(F)c1F. The zero-order valence-corrected chi connectivity index (χ0v) is 23.6. The van der Waals surface area contributed by atoms with Crippen molar-refractivity contribution in [3.8, 4) is 5.75 Å². The second kappa shape index (κ2) is 14.4. The molecule has 214 valence electrons. The highest BCUT2D eigenvalue weighted by Crippen LogP contribution is 2.40. The molecule has 1 atom stereocenters. The van der Waals surface area contributed by atoms with Gasteiger partial charge in [0.05, 0.1) is 6.61 Å². The second-order valence-electron chi connectivity index (χ2n) is 11.8. The van der Waals surface area contributed by atoms with Gasteiger partial charge < -0.3 is 4.74 Å². The van der Waals surface area contributed by atoms with Crippen molar-refractivity contribution in [3.05, 3.63) is 70.3 Å². The van der Waals surface area contributed by atoms with Crippen molar-refractivity contribution in [1.29, 1.82) is 0 Å². The number of hydrogen-bond donors (Lipinski definition) is 0. The summed E-state index contributed by atoms with van der Waals surface area (Å²) in [6.07, 6.45) is 14.6. The van der Waals surface area contributed by atoms with Crippen LogP contribution in [0.1, 0.15) is 120 Å². The fraction of sp³-hybridized carbons (Fsp3) is 0.588. The number of benzene rings is 2. The van der Waals surface area contributed by atoms with Crippen LogP contribution in [0, 0.1) is 35.1 Å². The molecule has 2 aromatic carbocycles. The molecule has 0 saturated heterocycles. The van der Waals surface area contributed by atoms with Gasteiger partial charge in [-0.2, -0.15) is 4.39 Å². The van der Waals surface area contributed by atoms with E-state index in [4.69, 9.17) is 4.74 Å². The van der Waals surface area contributed by atoms with Crippen molar-refractivity contribution in [1.82, 2.24) is 0 Å². The van der Waals surface area contributed by atoms with E-state index in [1.54, 1.807) is 24.3 Å². The number of unbranched alkanes of at least 4 members (excludes halogenated alkanes) is 4. The van der Waals surface area contributed by atoms with Crippen LogP contribution in [0.2, 0.25) is 0 Å². The summed E-state index contributed by atoms with van der Waals surface area (Å²) in [7, 11) is 0. The molecule has 1 fully saturated rings. The summed E-state index contributed by atoms with van der Waals surface area (Å²) in [6.45, 7) is 4.73. The van der Waals surface area contributed by atoms with Gasteiger partial charge in [0.1, 0.15) is 0 Å². The predicted molar refractivity (Wildman–Crippen MR) is 151 cm³/mol. The van der Waals surface area contributed by atoms with Crippen LogP contribution in [-0.2, 0) is 6.42 Å². The molecule has 1 saturated carbocycles. The minimum atomic E-state index is -0.886. The van der Waals surface area contributed by atoms with Crippen molar-refractivity contribution >= 4 is 5.57 Å². The van der Waals surface area contributed by atoms with Gasteiger partial charge in [0.25, 0.3) is 0 Å². The van der Waals surface area contributed by atoms with Gasteiger partial charge in [-0.25, -0.2) is 13.2 Å². The summed E-state index contributed by atoms with van der Waals surface area (Å²) in [5, 5.41) is 0. The van der Waals surface area contributed by atoms with E-state index < -0.39 is 23.3 Å². The molecule has 2 aromatic rings. The summed E-state index contributed by atoms with van der Waals surface area (Å²) in [5.41, 5.74) is 2.18. The summed E-state index contributed by atoms with van der Waals surface area (Å²) < 4.78 is 64.9. The molecule has 4 rings (SSSR count). The van der Waals surface area contributed by atoms with Crippen molar-refractivity contribution in [3.63, 3.8) is 0 Å². The summed E-state index contributed by atoms with van der Waals surface area (Å²) in [6, 6.07) is 6.73. The van der Waals surface area contributed by atoms with Crippen LogP contribution in [0.25, 0.3) is 5.57 Å². The molecule has 2 aliphatic rings. The van der Waals surface area contributed by atoms with Crippen LogP contribution >= 0.6 is 0 Å². The first-order chi connectivity index (χ1) is 18.9. The Balaban J connectivity index is 1.27. The minimum Gasteiger partial charge on any atom is -0.490 e. The lowest BCUT2D eigenvalue weighted by atomic mass is 9.76. The number of aryl methyl sites for hydroxylation is 1. The topological polar surface area (TPSA) is 9.23 Å². The van der Waals surface area contributed by atoms with Crippen LogP contribution in [-0.4, -0.2) is 6.61 Å². The molecular formula is C34H44F4O. The molecule has 39 heavy (non-hydrogen) atoms. The van der Waals surface area contributed by atoms with Gasteiger partial charge in [-0.1, -0.05) is 63.8 Å². The number of hydrogen-bond acceptors (Lipinski definition) is 1. The number of rotatable bonds is 12. The van der Waals surface area contributed by atoms with Crippen LogP contribution in [0.4, 0.5) is 17.6 Å². The van der Waals surface area contributed by atoms with Gasteiger partial charge in [-0.3, -0.25) is 0 Å². The van der Waals surface area contributed by atoms with Crippen molar-refractivity contribution in [2.75, 3.05) is 6.61 Å². The van der Waals surface area contributed by atoms with Gasteiger partial charge in [0.2, 0.25) is 5.82 Å². The predicted octanol–water partition coefficient (Wildman–Crippen LogP) is 10.7. The monoisotopic (exact) mass is 544 g/mol. The number of ether oxygens (including phenoxy) is 1. The van der Waals surface area contributed by atoms with Gasteiger partial charge in [0.15, 0.2) is 23.2 Å². The van der Waals surface area contributed by atoms with Gasteiger partial charge in [0, 0.05) is 5.56 Å². The van der Waals surface area contributed by atoms with Crippen LogP contribution in [0.5, 0.6) is 5.75 Å². The zero-order chi connectivity index (χ0) is 27.8. The van der Waals surface area contributed by atoms with Crippen molar-refractivity contribution < 1.29 is 22.3 Å². The first kappa shape index (κ1) is 29.7.